The Morgan fingerprint density at radius 3 is 2.59 bits per heavy atom. The zero-order chi connectivity index (χ0) is 21.2. The van der Waals surface area contributed by atoms with Gasteiger partial charge in [-0.2, -0.15) is 0 Å². The Hall–Kier alpha value is -2.91. The van der Waals surface area contributed by atoms with Gasteiger partial charge in [0.15, 0.2) is 5.69 Å². The molecule has 0 fully saturated rings. The molecule has 1 heterocycles. The number of aromatic nitrogens is 2. The van der Waals surface area contributed by atoms with Crippen LogP contribution < -0.4 is 21.9 Å². The maximum Gasteiger partial charge on any atom is 0.330 e. The van der Waals surface area contributed by atoms with E-state index in [4.69, 9.17) is 15.2 Å². The molecule has 0 radical (unpaired) electrons. The molecule has 0 aliphatic rings. The molecule has 1 amide bonds. The topological polar surface area (TPSA) is 120 Å². The molecule has 0 aliphatic heterocycles. The van der Waals surface area contributed by atoms with Crippen LogP contribution in [0, 0.1) is 0 Å². The Balaban J connectivity index is 2.38. The summed E-state index contributed by atoms with van der Waals surface area (Å²) in [6.45, 7) is 2.83. The van der Waals surface area contributed by atoms with Gasteiger partial charge in [-0.3, -0.25) is 19.1 Å². The van der Waals surface area contributed by atoms with E-state index in [0.717, 1.165) is 12.0 Å². The molecule has 1 aromatic carbocycles. The van der Waals surface area contributed by atoms with Crippen molar-refractivity contribution in [2.24, 2.45) is 0 Å². The number of carbonyl (C=O) groups excluding carboxylic acids is 1. The lowest BCUT2D eigenvalue weighted by Crippen LogP contribution is -2.43. The zero-order valence-electron chi connectivity index (χ0n) is 16.8. The summed E-state index contributed by atoms with van der Waals surface area (Å²) in [7, 11) is 1.54. The second-order valence-corrected chi connectivity index (χ2v) is 6.51. The molecule has 9 nitrogen and oxygen atoms in total. The number of amides is 1. The minimum atomic E-state index is -0.696. The van der Waals surface area contributed by atoms with Crippen LogP contribution in [0.25, 0.3) is 0 Å². The SMILES string of the molecule is CCCCN(C(=O)COCCOC)c1c(N)n(Cc2ccccc2)c(=O)[nH]c1=O. The Kier molecular flexibility index (Phi) is 8.63. The van der Waals surface area contributed by atoms with Gasteiger partial charge in [0, 0.05) is 13.7 Å². The van der Waals surface area contributed by atoms with Gasteiger partial charge in [0.25, 0.3) is 11.5 Å². The number of hydrogen-bond donors (Lipinski definition) is 2. The number of anilines is 2. The fraction of sp³-hybridized carbons (Fsp3) is 0.450. The highest BCUT2D eigenvalue weighted by Gasteiger charge is 2.24. The third-order valence-corrected chi connectivity index (χ3v) is 4.36. The number of H-pyrrole nitrogens is 1. The highest BCUT2D eigenvalue weighted by Crippen LogP contribution is 2.19. The molecule has 29 heavy (non-hydrogen) atoms. The molecule has 0 saturated carbocycles. The van der Waals surface area contributed by atoms with Crippen LogP contribution in [0.2, 0.25) is 0 Å². The van der Waals surface area contributed by atoms with E-state index in [-0.39, 0.29) is 31.3 Å². The molecule has 158 valence electrons. The molecule has 0 atom stereocenters. The number of nitrogens with two attached hydrogens (primary N) is 1. The minimum absolute atomic E-state index is 0.0330. The predicted octanol–water partition coefficient (Wildman–Crippen LogP) is 0.963. The van der Waals surface area contributed by atoms with Gasteiger partial charge >= 0.3 is 5.69 Å². The van der Waals surface area contributed by atoms with Gasteiger partial charge in [-0.15, -0.1) is 0 Å². The summed E-state index contributed by atoms with van der Waals surface area (Å²) in [5.74, 6) is -0.458. The lowest BCUT2D eigenvalue weighted by molar-refractivity contribution is -0.123. The van der Waals surface area contributed by atoms with Gasteiger partial charge in [-0.05, 0) is 12.0 Å². The van der Waals surface area contributed by atoms with Crippen molar-refractivity contribution in [1.29, 1.82) is 0 Å². The number of unbranched alkanes of at least 4 members (excludes halogenated alkanes) is 1. The van der Waals surface area contributed by atoms with E-state index < -0.39 is 17.2 Å². The van der Waals surface area contributed by atoms with Gasteiger partial charge < -0.3 is 20.1 Å². The van der Waals surface area contributed by atoms with Crippen LogP contribution in [0.5, 0.6) is 0 Å². The van der Waals surface area contributed by atoms with Crippen molar-refractivity contribution in [2.75, 3.05) is 44.1 Å². The van der Waals surface area contributed by atoms with E-state index in [1.54, 1.807) is 0 Å². The number of nitrogens with zero attached hydrogens (tertiary/aromatic N) is 2. The summed E-state index contributed by atoms with van der Waals surface area (Å²) in [5.41, 5.74) is 5.69. The van der Waals surface area contributed by atoms with Crippen LogP contribution in [-0.2, 0) is 20.8 Å². The average molecular weight is 404 g/mol. The van der Waals surface area contributed by atoms with Gasteiger partial charge in [0.2, 0.25) is 0 Å². The van der Waals surface area contributed by atoms with Crippen LogP contribution in [0.15, 0.2) is 39.9 Å². The number of methoxy groups -OCH3 is 1. The van der Waals surface area contributed by atoms with Crippen molar-refractivity contribution in [3.8, 4) is 0 Å². The fourth-order valence-corrected chi connectivity index (χ4v) is 2.82. The molecular weight excluding hydrogens is 376 g/mol. The summed E-state index contributed by atoms with van der Waals surface area (Å²) in [4.78, 5) is 41.2. The van der Waals surface area contributed by atoms with Crippen LogP contribution in [-0.4, -0.2) is 48.9 Å². The van der Waals surface area contributed by atoms with Crippen molar-refractivity contribution in [1.82, 2.24) is 9.55 Å². The van der Waals surface area contributed by atoms with E-state index >= 15 is 0 Å². The summed E-state index contributed by atoms with van der Waals surface area (Å²) >= 11 is 0. The summed E-state index contributed by atoms with van der Waals surface area (Å²) in [5, 5.41) is 0. The molecule has 0 saturated heterocycles. The van der Waals surface area contributed by atoms with Crippen LogP contribution >= 0.6 is 0 Å². The maximum atomic E-state index is 12.7. The fourth-order valence-electron chi connectivity index (χ4n) is 2.82. The number of hydrogen-bond acceptors (Lipinski definition) is 6. The third kappa shape index (κ3) is 6.03. The highest BCUT2D eigenvalue weighted by molar-refractivity contribution is 5.96. The number of carbonyl (C=O) groups is 1. The number of ether oxygens (including phenoxy) is 2. The smallest absolute Gasteiger partial charge is 0.330 e. The highest BCUT2D eigenvalue weighted by atomic mass is 16.5. The molecule has 2 aromatic rings. The Labute approximate surface area is 169 Å². The van der Waals surface area contributed by atoms with E-state index in [0.29, 0.717) is 19.6 Å². The quantitative estimate of drug-likeness (QED) is 0.539. The largest absolute Gasteiger partial charge is 0.383 e. The van der Waals surface area contributed by atoms with Crippen molar-refractivity contribution >= 4 is 17.4 Å². The molecule has 0 aliphatic carbocycles. The van der Waals surface area contributed by atoms with E-state index in [1.165, 1.54) is 16.6 Å². The van der Waals surface area contributed by atoms with E-state index in [1.807, 2.05) is 37.3 Å². The molecule has 9 heteroatoms. The molecule has 0 bridgehead atoms. The van der Waals surface area contributed by atoms with Crippen LogP contribution in [0.4, 0.5) is 11.5 Å². The van der Waals surface area contributed by atoms with Gasteiger partial charge in [-0.25, -0.2) is 4.79 Å². The molecule has 2 rings (SSSR count). The van der Waals surface area contributed by atoms with Crippen molar-refractivity contribution in [3.63, 3.8) is 0 Å². The molecule has 0 unspecified atom stereocenters. The van der Waals surface area contributed by atoms with Crippen molar-refractivity contribution in [2.45, 2.75) is 26.3 Å². The van der Waals surface area contributed by atoms with Crippen molar-refractivity contribution < 1.29 is 14.3 Å². The first-order chi connectivity index (χ1) is 14.0. The number of aromatic amines is 1. The standard InChI is InChI=1S/C20H28N4O5/c1-3-4-10-23(16(25)14-29-12-11-28-2)17-18(21)24(20(27)22-19(17)26)13-15-8-6-5-7-9-15/h5-9H,3-4,10-14,21H2,1-2H3,(H,22,26,27). The first-order valence-electron chi connectivity index (χ1n) is 9.53. The average Bonchev–Trinajstić information content (AvgIpc) is 2.71. The Bertz CT molecular complexity index is 907. The first kappa shape index (κ1) is 22.4. The first-order valence-corrected chi connectivity index (χ1v) is 9.53. The van der Waals surface area contributed by atoms with Gasteiger partial charge in [-0.1, -0.05) is 43.7 Å². The van der Waals surface area contributed by atoms with E-state index in [2.05, 4.69) is 4.98 Å². The third-order valence-electron chi connectivity index (χ3n) is 4.36. The maximum absolute atomic E-state index is 12.7. The second kappa shape index (κ2) is 11.2. The monoisotopic (exact) mass is 404 g/mol. The molecule has 0 spiro atoms. The van der Waals surface area contributed by atoms with Crippen LogP contribution in [0.3, 0.4) is 0 Å². The molecule has 1 aromatic heterocycles. The summed E-state index contributed by atoms with van der Waals surface area (Å²) < 4.78 is 11.5. The number of nitrogens with one attached hydrogen (secondary N) is 1. The number of benzene rings is 1. The Morgan fingerprint density at radius 1 is 1.21 bits per heavy atom. The zero-order valence-corrected chi connectivity index (χ0v) is 16.8. The second-order valence-electron chi connectivity index (χ2n) is 6.51. The summed E-state index contributed by atoms with van der Waals surface area (Å²) in [6.07, 6.45) is 1.48. The lowest BCUT2D eigenvalue weighted by Gasteiger charge is -2.24. The van der Waals surface area contributed by atoms with Crippen LogP contribution in [0.1, 0.15) is 25.3 Å². The predicted molar refractivity (Wildman–Crippen MR) is 111 cm³/mol. The van der Waals surface area contributed by atoms with Crippen molar-refractivity contribution in [3.05, 3.63) is 56.7 Å². The van der Waals surface area contributed by atoms with Gasteiger partial charge in [0.1, 0.15) is 12.4 Å². The number of rotatable bonds is 11. The lowest BCUT2D eigenvalue weighted by atomic mass is 10.2. The molecular formula is C20H28N4O5. The molecule has 3 N–H and O–H groups in total. The number of nitrogen functional groups attached to an aromatic ring is 1. The Morgan fingerprint density at radius 2 is 1.93 bits per heavy atom. The minimum Gasteiger partial charge on any atom is -0.383 e. The van der Waals surface area contributed by atoms with E-state index in [9.17, 15) is 14.4 Å². The normalized spacial score (nSPS) is 10.8. The summed E-state index contributed by atoms with van der Waals surface area (Å²) in [6, 6.07) is 9.25. The van der Waals surface area contributed by atoms with Gasteiger partial charge in [0.05, 0.1) is 19.8 Å².